The number of hydrogen-bond donors (Lipinski definition) is 1. The standard InChI is InChI=1S/C18H25N3/c1-12-7-5-6-8-17(12)15-9-16(10-15)20-13(2)18-11-19-21(4)14(18)3/h5-8,11,13,15-16,20H,9-10H2,1-4H3. The summed E-state index contributed by atoms with van der Waals surface area (Å²) in [5.41, 5.74) is 5.53. The van der Waals surface area contributed by atoms with Crippen molar-refractivity contribution in [3.05, 3.63) is 52.8 Å². The van der Waals surface area contributed by atoms with Gasteiger partial charge in [-0.3, -0.25) is 4.68 Å². The summed E-state index contributed by atoms with van der Waals surface area (Å²) in [6.07, 6.45) is 4.48. The van der Waals surface area contributed by atoms with Crippen molar-refractivity contribution in [2.75, 3.05) is 0 Å². The molecule has 0 amide bonds. The van der Waals surface area contributed by atoms with Gasteiger partial charge >= 0.3 is 0 Å². The van der Waals surface area contributed by atoms with E-state index >= 15 is 0 Å². The Kier molecular flexibility index (Phi) is 3.85. The highest BCUT2D eigenvalue weighted by molar-refractivity contribution is 5.31. The highest BCUT2D eigenvalue weighted by Gasteiger charge is 2.32. The third kappa shape index (κ3) is 2.75. The molecule has 1 aliphatic rings. The smallest absolute Gasteiger partial charge is 0.0540 e. The van der Waals surface area contributed by atoms with Crippen LogP contribution in [0, 0.1) is 13.8 Å². The summed E-state index contributed by atoms with van der Waals surface area (Å²) in [4.78, 5) is 0. The SMILES string of the molecule is Cc1ccccc1C1CC(NC(C)c2cnn(C)c2C)C1. The Bertz CT molecular complexity index is 623. The van der Waals surface area contributed by atoms with E-state index in [9.17, 15) is 0 Å². The second-order valence-corrected chi connectivity index (χ2v) is 6.42. The van der Waals surface area contributed by atoms with Crippen LogP contribution in [-0.4, -0.2) is 15.8 Å². The molecule has 0 aliphatic heterocycles. The zero-order chi connectivity index (χ0) is 15.0. The lowest BCUT2D eigenvalue weighted by Crippen LogP contribution is -2.41. The minimum atomic E-state index is 0.376. The summed E-state index contributed by atoms with van der Waals surface area (Å²) in [6, 6.07) is 9.79. The molecule has 1 fully saturated rings. The van der Waals surface area contributed by atoms with E-state index in [1.165, 1.54) is 35.2 Å². The van der Waals surface area contributed by atoms with Gasteiger partial charge in [0.2, 0.25) is 0 Å². The van der Waals surface area contributed by atoms with Crippen molar-refractivity contribution in [3.8, 4) is 0 Å². The van der Waals surface area contributed by atoms with Crippen molar-refractivity contribution in [1.29, 1.82) is 0 Å². The predicted octanol–water partition coefficient (Wildman–Crippen LogP) is 3.63. The van der Waals surface area contributed by atoms with Crippen LogP contribution in [0.3, 0.4) is 0 Å². The Labute approximate surface area is 127 Å². The van der Waals surface area contributed by atoms with Crippen LogP contribution < -0.4 is 5.32 Å². The van der Waals surface area contributed by atoms with Crippen LogP contribution in [0.25, 0.3) is 0 Å². The maximum atomic E-state index is 4.34. The van der Waals surface area contributed by atoms with Crippen LogP contribution in [-0.2, 0) is 7.05 Å². The Morgan fingerprint density at radius 2 is 1.95 bits per heavy atom. The molecule has 3 rings (SSSR count). The third-order valence-corrected chi connectivity index (χ3v) is 4.99. The van der Waals surface area contributed by atoms with Crippen LogP contribution in [0.2, 0.25) is 0 Å². The lowest BCUT2D eigenvalue weighted by atomic mass is 9.74. The first-order valence-electron chi connectivity index (χ1n) is 7.86. The van der Waals surface area contributed by atoms with Gasteiger partial charge in [-0.05, 0) is 50.7 Å². The number of aryl methyl sites for hydroxylation is 2. The molecule has 0 radical (unpaired) electrons. The molecule has 1 unspecified atom stereocenters. The number of aromatic nitrogens is 2. The van der Waals surface area contributed by atoms with Gasteiger partial charge in [0.1, 0.15) is 0 Å². The topological polar surface area (TPSA) is 29.9 Å². The van der Waals surface area contributed by atoms with Crippen LogP contribution in [0.15, 0.2) is 30.5 Å². The third-order valence-electron chi connectivity index (χ3n) is 4.99. The summed E-state index contributed by atoms with van der Waals surface area (Å²) in [7, 11) is 2.00. The number of rotatable bonds is 4. The van der Waals surface area contributed by atoms with Gasteiger partial charge in [0.15, 0.2) is 0 Å². The first kappa shape index (κ1) is 14.3. The molecule has 0 spiro atoms. The van der Waals surface area contributed by atoms with Crippen LogP contribution in [0.5, 0.6) is 0 Å². The molecule has 1 N–H and O–H groups in total. The van der Waals surface area contributed by atoms with E-state index in [2.05, 4.69) is 55.5 Å². The van der Waals surface area contributed by atoms with Gasteiger partial charge < -0.3 is 5.32 Å². The highest BCUT2D eigenvalue weighted by atomic mass is 15.3. The molecule has 3 heteroatoms. The van der Waals surface area contributed by atoms with Crippen LogP contribution >= 0.6 is 0 Å². The summed E-state index contributed by atoms with van der Waals surface area (Å²) in [5, 5.41) is 8.09. The normalized spacial score (nSPS) is 22.9. The van der Waals surface area contributed by atoms with Gasteiger partial charge in [-0.2, -0.15) is 5.10 Å². The number of benzene rings is 1. The Balaban J connectivity index is 1.58. The second-order valence-electron chi connectivity index (χ2n) is 6.42. The summed E-state index contributed by atoms with van der Waals surface area (Å²) in [5.74, 6) is 0.728. The first-order valence-corrected chi connectivity index (χ1v) is 7.86. The zero-order valence-corrected chi connectivity index (χ0v) is 13.4. The molecule has 1 aliphatic carbocycles. The van der Waals surface area contributed by atoms with Crippen molar-refractivity contribution in [2.24, 2.45) is 7.05 Å². The quantitative estimate of drug-likeness (QED) is 0.928. The van der Waals surface area contributed by atoms with E-state index in [0.717, 1.165) is 5.92 Å². The zero-order valence-electron chi connectivity index (χ0n) is 13.4. The molecular weight excluding hydrogens is 258 g/mol. The van der Waals surface area contributed by atoms with Crippen LogP contribution in [0.4, 0.5) is 0 Å². The van der Waals surface area contributed by atoms with E-state index in [4.69, 9.17) is 0 Å². The molecule has 0 bridgehead atoms. The summed E-state index contributed by atoms with van der Waals surface area (Å²) >= 11 is 0. The highest BCUT2D eigenvalue weighted by Crippen LogP contribution is 2.39. The van der Waals surface area contributed by atoms with E-state index in [1.807, 2.05) is 17.9 Å². The molecular formula is C18H25N3. The van der Waals surface area contributed by atoms with Gasteiger partial charge in [0.25, 0.3) is 0 Å². The average molecular weight is 283 g/mol. The minimum Gasteiger partial charge on any atom is -0.307 e. The van der Waals surface area contributed by atoms with Crippen molar-refractivity contribution in [1.82, 2.24) is 15.1 Å². The van der Waals surface area contributed by atoms with Crippen molar-refractivity contribution < 1.29 is 0 Å². The largest absolute Gasteiger partial charge is 0.307 e. The fourth-order valence-electron chi connectivity index (χ4n) is 3.44. The lowest BCUT2D eigenvalue weighted by Gasteiger charge is -2.38. The molecule has 1 heterocycles. The Morgan fingerprint density at radius 1 is 1.24 bits per heavy atom. The molecule has 2 aromatic rings. The number of hydrogen-bond acceptors (Lipinski definition) is 2. The lowest BCUT2D eigenvalue weighted by molar-refractivity contribution is 0.270. The summed E-state index contributed by atoms with van der Waals surface area (Å²) in [6.45, 7) is 6.60. The van der Waals surface area contributed by atoms with Gasteiger partial charge in [-0.1, -0.05) is 24.3 Å². The molecule has 1 atom stereocenters. The van der Waals surface area contributed by atoms with Gasteiger partial charge in [0, 0.05) is 30.4 Å². The van der Waals surface area contributed by atoms with Gasteiger partial charge in [-0.15, -0.1) is 0 Å². The summed E-state index contributed by atoms with van der Waals surface area (Å²) < 4.78 is 1.95. The minimum absolute atomic E-state index is 0.376. The van der Waals surface area contributed by atoms with E-state index < -0.39 is 0 Å². The monoisotopic (exact) mass is 283 g/mol. The molecule has 0 saturated heterocycles. The Hall–Kier alpha value is -1.61. The Morgan fingerprint density at radius 3 is 2.57 bits per heavy atom. The van der Waals surface area contributed by atoms with E-state index in [1.54, 1.807) is 0 Å². The van der Waals surface area contributed by atoms with E-state index in [0.29, 0.717) is 12.1 Å². The maximum Gasteiger partial charge on any atom is 0.0540 e. The molecule has 112 valence electrons. The van der Waals surface area contributed by atoms with Gasteiger partial charge in [0.05, 0.1) is 6.20 Å². The predicted molar refractivity (Wildman–Crippen MR) is 86.4 cm³/mol. The molecule has 1 aromatic heterocycles. The molecule has 1 aromatic carbocycles. The van der Waals surface area contributed by atoms with E-state index in [-0.39, 0.29) is 0 Å². The molecule has 3 nitrogen and oxygen atoms in total. The van der Waals surface area contributed by atoms with Crippen LogP contribution in [0.1, 0.15) is 54.1 Å². The first-order chi connectivity index (χ1) is 10.1. The van der Waals surface area contributed by atoms with Crippen molar-refractivity contribution in [2.45, 2.75) is 51.6 Å². The fourth-order valence-corrected chi connectivity index (χ4v) is 3.44. The maximum absolute atomic E-state index is 4.34. The molecule has 1 saturated carbocycles. The van der Waals surface area contributed by atoms with Crippen molar-refractivity contribution in [3.63, 3.8) is 0 Å². The number of nitrogens with one attached hydrogen (secondary N) is 1. The van der Waals surface area contributed by atoms with Gasteiger partial charge in [-0.25, -0.2) is 0 Å². The van der Waals surface area contributed by atoms with Crippen molar-refractivity contribution >= 4 is 0 Å². The molecule has 21 heavy (non-hydrogen) atoms. The fraction of sp³-hybridized carbons (Fsp3) is 0.500. The average Bonchev–Trinajstić information content (AvgIpc) is 2.75. The second kappa shape index (κ2) is 5.64. The number of nitrogens with zero attached hydrogens (tertiary/aromatic N) is 2.